The Morgan fingerprint density at radius 2 is 2.22 bits per heavy atom. The van der Waals surface area contributed by atoms with E-state index in [9.17, 15) is 4.79 Å². The van der Waals surface area contributed by atoms with Gasteiger partial charge in [0.1, 0.15) is 12.2 Å². The van der Waals surface area contributed by atoms with Crippen molar-refractivity contribution < 1.29 is 0 Å². The molecule has 0 saturated heterocycles. The van der Waals surface area contributed by atoms with Gasteiger partial charge in [-0.25, -0.2) is 9.67 Å². The molecule has 2 aromatic heterocycles. The maximum atomic E-state index is 11.8. The fraction of sp³-hybridized carbons (Fsp3) is 0.417. The molecule has 6 nitrogen and oxygen atoms in total. The minimum atomic E-state index is -0.0762. The van der Waals surface area contributed by atoms with E-state index in [2.05, 4.69) is 17.0 Å². The maximum Gasteiger partial charge on any atom is 0.251 e. The first kappa shape index (κ1) is 12.3. The van der Waals surface area contributed by atoms with Crippen LogP contribution in [0.2, 0.25) is 0 Å². The molecule has 0 spiro atoms. The quantitative estimate of drug-likeness (QED) is 0.866. The van der Waals surface area contributed by atoms with E-state index in [1.165, 1.54) is 12.4 Å². The van der Waals surface area contributed by atoms with E-state index < -0.39 is 0 Å². The topological polar surface area (TPSA) is 78.7 Å². The van der Waals surface area contributed by atoms with Gasteiger partial charge in [0.25, 0.3) is 5.56 Å². The van der Waals surface area contributed by atoms with Gasteiger partial charge >= 0.3 is 0 Å². The van der Waals surface area contributed by atoms with E-state index in [1.54, 1.807) is 10.8 Å². The fourth-order valence-electron chi connectivity index (χ4n) is 1.77. The molecule has 0 bridgehead atoms. The molecule has 0 atom stereocenters. The number of nitrogen functional groups attached to an aromatic ring is 1. The molecular weight excluding hydrogens is 230 g/mol. The minimum Gasteiger partial charge on any atom is -0.397 e. The number of hydrogen-bond donors (Lipinski definition) is 1. The molecule has 0 amide bonds. The van der Waals surface area contributed by atoms with Crippen molar-refractivity contribution in [1.29, 1.82) is 0 Å². The Morgan fingerprint density at radius 1 is 1.44 bits per heavy atom. The molecule has 0 aliphatic carbocycles. The van der Waals surface area contributed by atoms with E-state index in [0.717, 1.165) is 24.4 Å². The van der Waals surface area contributed by atoms with E-state index in [-0.39, 0.29) is 5.56 Å². The van der Waals surface area contributed by atoms with Gasteiger partial charge in [-0.1, -0.05) is 6.92 Å². The van der Waals surface area contributed by atoms with Crippen molar-refractivity contribution >= 4 is 5.69 Å². The average Bonchev–Trinajstić information content (AvgIpc) is 2.74. The van der Waals surface area contributed by atoms with Gasteiger partial charge in [0.2, 0.25) is 0 Å². The van der Waals surface area contributed by atoms with E-state index in [0.29, 0.717) is 12.2 Å². The van der Waals surface area contributed by atoms with Crippen LogP contribution >= 0.6 is 0 Å². The number of nitrogens with two attached hydrogens (primary N) is 1. The highest BCUT2D eigenvalue weighted by molar-refractivity contribution is 5.43. The number of rotatable bonds is 4. The largest absolute Gasteiger partial charge is 0.397 e. The second kappa shape index (κ2) is 5.03. The molecule has 2 rings (SSSR count). The molecule has 0 saturated carbocycles. The van der Waals surface area contributed by atoms with Crippen molar-refractivity contribution in [2.45, 2.75) is 33.4 Å². The Balaban J connectivity index is 2.31. The van der Waals surface area contributed by atoms with Crippen LogP contribution in [0.25, 0.3) is 0 Å². The molecule has 2 heterocycles. The third-order valence-electron chi connectivity index (χ3n) is 2.82. The normalized spacial score (nSPS) is 10.8. The first-order valence-corrected chi connectivity index (χ1v) is 5.95. The second-order valence-electron chi connectivity index (χ2n) is 4.28. The van der Waals surface area contributed by atoms with Crippen molar-refractivity contribution in [1.82, 2.24) is 19.3 Å². The van der Waals surface area contributed by atoms with Gasteiger partial charge in [-0.3, -0.25) is 4.79 Å². The zero-order chi connectivity index (χ0) is 13.1. The number of hydrogen-bond acceptors (Lipinski definition) is 4. The van der Waals surface area contributed by atoms with Crippen LogP contribution in [0.15, 0.2) is 23.4 Å². The third kappa shape index (κ3) is 2.42. The van der Waals surface area contributed by atoms with Crippen LogP contribution in [0.1, 0.15) is 24.7 Å². The van der Waals surface area contributed by atoms with Crippen LogP contribution in [-0.2, 0) is 13.1 Å². The predicted octanol–water partition coefficient (Wildman–Crippen LogP) is 0.789. The molecule has 18 heavy (non-hydrogen) atoms. The number of pyridine rings is 1. The first-order valence-electron chi connectivity index (χ1n) is 5.95. The summed E-state index contributed by atoms with van der Waals surface area (Å²) in [6.45, 7) is 5.08. The highest BCUT2D eigenvalue weighted by atomic mass is 16.1. The summed E-state index contributed by atoms with van der Waals surface area (Å²) in [4.78, 5) is 16.0. The Kier molecular flexibility index (Phi) is 3.45. The van der Waals surface area contributed by atoms with E-state index >= 15 is 0 Å². The van der Waals surface area contributed by atoms with E-state index in [1.807, 2.05) is 11.6 Å². The number of nitrogens with zero attached hydrogens (tertiary/aromatic N) is 4. The first-order chi connectivity index (χ1) is 8.61. The number of aryl methyl sites for hydroxylation is 2. The molecule has 2 aromatic rings. The summed E-state index contributed by atoms with van der Waals surface area (Å²) >= 11 is 0. The van der Waals surface area contributed by atoms with Gasteiger partial charge in [-0.05, 0) is 18.9 Å². The summed E-state index contributed by atoms with van der Waals surface area (Å²) in [5.41, 5.74) is 7.14. The van der Waals surface area contributed by atoms with Crippen molar-refractivity contribution in [2.24, 2.45) is 0 Å². The van der Waals surface area contributed by atoms with Gasteiger partial charge in [-0.2, -0.15) is 5.10 Å². The maximum absolute atomic E-state index is 11.8. The lowest BCUT2D eigenvalue weighted by molar-refractivity contribution is 0.550. The van der Waals surface area contributed by atoms with Crippen molar-refractivity contribution in [3.05, 3.63) is 40.3 Å². The lowest BCUT2D eigenvalue weighted by Gasteiger charge is -2.09. The molecule has 2 N–H and O–H groups in total. The summed E-state index contributed by atoms with van der Waals surface area (Å²) in [6.07, 6.45) is 4.14. The fourth-order valence-corrected chi connectivity index (χ4v) is 1.77. The smallest absolute Gasteiger partial charge is 0.251 e. The molecule has 96 valence electrons. The number of anilines is 1. The van der Waals surface area contributed by atoms with Crippen molar-refractivity contribution in [3.63, 3.8) is 0 Å². The Hall–Kier alpha value is -2.11. The molecule has 0 fully saturated rings. The highest BCUT2D eigenvalue weighted by Crippen LogP contribution is 2.07. The third-order valence-corrected chi connectivity index (χ3v) is 2.82. The number of aromatic nitrogens is 4. The molecule has 0 aliphatic rings. The standard InChI is InChI=1S/C12H17N5O/c1-3-4-17-11(14-8-15-17)7-16-6-10(13)9(2)5-12(16)18/h5-6,8H,3-4,7,13H2,1-2H3. The van der Waals surface area contributed by atoms with Crippen LogP contribution in [0.3, 0.4) is 0 Å². The lowest BCUT2D eigenvalue weighted by atomic mass is 10.2. The van der Waals surface area contributed by atoms with E-state index in [4.69, 9.17) is 5.73 Å². The zero-order valence-electron chi connectivity index (χ0n) is 10.6. The minimum absolute atomic E-state index is 0.0762. The zero-order valence-corrected chi connectivity index (χ0v) is 10.6. The highest BCUT2D eigenvalue weighted by Gasteiger charge is 2.07. The SMILES string of the molecule is CCCn1ncnc1Cn1cc(N)c(C)cc1=O. The van der Waals surface area contributed by atoms with Crippen molar-refractivity contribution in [2.75, 3.05) is 5.73 Å². The summed E-state index contributed by atoms with van der Waals surface area (Å²) in [5.74, 6) is 0.766. The summed E-state index contributed by atoms with van der Waals surface area (Å²) in [5, 5.41) is 4.13. The van der Waals surface area contributed by atoms with Gasteiger partial charge < -0.3 is 10.3 Å². The monoisotopic (exact) mass is 247 g/mol. The Bertz CT molecular complexity index is 599. The Labute approximate surface area is 105 Å². The molecular formula is C12H17N5O. The van der Waals surface area contributed by atoms with Crippen LogP contribution in [0, 0.1) is 6.92 Å². The van der Waals surface area contributed by atoms with Gasteiger partial charge in [0.15, 0.2) is 0 Å². The van der Waals surface area contributed by atoms with Gasteiger partial charge in [-0.15, -0.1) is 0 Å². The summed E-state index contributed by atoms with van der Waals surface area (Å²) in [7, 11) is 0. The lowest BCUT2D eigenvalue weighted by Crippen LogP contribution is -2.22. The van der Waals surface area contributed by atoms with Crippen LogP contribution in [-0.4, -0.2) is 19.3 Å². The van der Waals surface area contributed by atoms with Crippen molar-refractivity contribution in [3.8, 4) is 0 Å². The molecule has 6 heteroatoms. The second-order valence-corrected chi connectivity index (χ2v) is 4.28. The predicted molar refractivity (Wildman–Crippen MR) is 69.3 cm³/mol. The Morgan fingerprint density at radius 3 is 2.94 bits per heavy atom. The molecule has 0 radical (unpaired) electrons. The average molecular weight is 247 g/mol. The molecule has 0 aromatic carbocycles. The summed E-state index contributed by atoms with van der Waals surface area (Å²) < 4.78 is 3.36. The van der Waals surface area contributed by atoms with Crippen LogP contribution in [0.5, 0.6) is 0 Å². The van der Waals surface area contributed by atoms with Crippen LogP contribution in [0.4, 0.5) is 5.69 Å². The van der Waals surface area contributed by atoms with Gasteiger partial charge in [0, 0.05) is 18.8 Å². The van der Waals surface area contributed by atoms with Gasteiger partial charge in [0.05, 0.1) is 12.2 Å². The van der Waals surface area contributed by atoms with Crippen LogP contribution < -0.4 is 11.3 Å². The summed E-state index contributed by atoms with van der Waals surface area (Å²) in [6, 6.07) is 1.54. The molecule has 0 unspecified atom stereocenters. The molecule has 0 aliphatic heterocycles.